The van der Waals surface area contributed by atoms with Crippen LogP contribution < -0.4 is 14.8 Å². The van der Waals surface area contributed by atoms with Crippen LogP contribution >= 0.6 is 11.3 Å². The van der Waals surface area contributed by atoms with Gasteiger partial charge in [-0.15, -0.1) is 11.3 Å². The smallest absolute Gasteiger partial charge is 0.331 e. The average molecular weight is 573 g/mol. The molecule has 40 heavy (non-hydrogen) atoms. The number of nitrogens with one attached hydrogen (secondary N) is 1. The number of halogens is 2. The Labute approximate surface area is 236 Å². The third-order valence-corrected chi connectivity index (χ3v) is 6.99. The first-order chi connectivity index (χ1) is 19.2. The third kappa shape index (κ3) is 8.35. The van der Waals surface area contributed by atoms with E-state index in [1.54, 1.807) is 12.5 Å². The Bertz CT molecular complexity index is 1330. The van der Waals surface area contributed by atoms with E-state index in [0.717, 1.165) is 42.4 Å². The first kappa shape index (κ1) is 30.7. The molecule has 2 aromatic carbocycles. The Morgan fingerprint density at radius 1 is 1.07 bits per heavy atom. The molecule has 0 saturated carbocycles. The molecule has 0 atom stereocenters. The highest BCUT2D eigenvalue weighted by Crippen LogP contribution is 2.39. The van der Waals surface area contributed by atoms with Gasteiger partial charge in [-0.05, 0) is 43.7 Å². The molecular formula is C30H34F2N2O5S. The van der Waals surface area contributed by atoms with Crippen molar-refractivity contribution in [1.82, 2.24) is 4.98 Å². The Balaban J connectivity index is 1.67. The lowest BCUT2D eigenvalue weighted by molar-refractivity contribution is -0.132. The number of carbonyl (C=O) groups excluding carboxylic acids is 1. The van der Waals surface area contributed by atoms with E-state index in [1.165, 1.54) is 39.0 Å². The summed E-state index contributed by atoms with van der Waals surface area (Å²) in [5.74, 6) is -3.04. The van der Waals surface area contributed by atoms with Gasteiger partial charge in [-0.2, -0.15) is 0 Å². The summed E-state index contributed by atoms with van der Waals surface area (Å²) in [6.07, 6.45) is 9.15. The maximum absolute atomic E-state index is 14.5. The maximum atomic E-state index is 14.5. The highest BCUT2D eigenvalue weighted by atomic mass is 32.1. The standard InChI is InChI=1S/C30H34F2N2O5S/c1-4-5-6-7-8-9-10-14-39-26-13-11-12-21(27(26)38-3)25-18-40-30(33-25)34-28(35)20-16-23(31)22(24(32)17-20)15-19(2)29(36)37/h11-13,15-18H,4-10,14H2,1-3H3,(H,36,37)(H,33,34,35)/b19-15+. The van der Waals surface area contributed by atoms with Crippen molar-refractivity contribution in [3.63, 3.8) is 0 Å². The van der Waals surface area contributed by atoms with Crippen LogP contribution in [0.5, 0.6) is 11.5 Å². The minimum Gasteiger partial charge on any atom is -0.492 e. The van der Waals surface area contributed by atoms with Gasteiger partial charge < -0.3 is 14.6 Å². The minimum absolute atomic E-state index is 0.225. The summed E-state index contributed by atoms with van der Waals surface area (Å²) in [6.45, 7) is 3.99. The number of hydrogen-bond donors (Lipinski definition) is 2. The molecule has 0 spiro atoms. The predicted molar refractivity (Wildman–Crippen MR) is 153 cm³/mol. The predicted octanol–water partition coefficient (Wildman–Crippen LogP) is 7.97. The molecule has 1 aromatic heterocycles. The van der Waals surface area contributed by atoms with E-state index in [-0.39, 0.29) is 16.3 Å². The summed E-state index contributed by atoms with van der Waals surface area (Å²) in [5, 5.41) is 13.5. The lowest BCUT2D eigenvalue weighted by atomic mass is 10.1. The third-order valence-electron chi connectivity index (χ3n) is 6.23. The Morgan fingerprint density at radius 2 is 1.75 bits per heavy atom. The quantitative estimate of drug-likeness (QED) is 0.142. The maximum Gasteiger partial charge on any atom is 0.331 e. The van der Waals surface area contributed by atoms with Crippen molar-refractivity contribution in [3.8, 4) is 22.8 Å². The Morgan fingerprint density at radius 3 is 2.40 bits per heavy atom. The molecule has 0 unspecified atom stereocenters. The van der Waals surface area contributed by atoms with Crippen LogP contribution in [0, 0.1) is 11.6 Å². The first-order valence-electron chi connectivity index (χ1n) is 13.2. The van der Waals surface area contributed by atoms with E-state index in [0.29, 0.717) is 29.4 Å². The summed E-state index contributed by atoms with van der Waals surface area (Å²) in [5.41, 5.74) is 0.177. The fraction of sp³-hybridized carbons (Fsp3) is 0.367. The molecule has 0 aliphatic rings. The minimum atomic E-state index is -1.30. The van der Waals surface area contributed by atoms with Gasteiger partial charge in [0.2, 0.25) is 0 Å². The van der Waals surface area contributed by atoms with Crippen molar-refractivity contribution in [1.29, 1.82) is 0 Å². The molecule has 1 heterocycles. The zero-order valence-electron chi connectivity index (χ0n) is 22.9. The summed E-state index contributed by atoms with van der Waals surface area (Å²) in [4.78, 5) is 28.1. The largest absolute Gasteiger partial charge is 0.492 e. The molecule has 0 fully saturated rings. The van der Waals surface area contributed by atoms with Gasteiger partial charge in [-0.1, -0.05) is 51.5 Å². The number of aromatic nitrogens is 1. The second-order valence-corrected chi connectivity index (χ2v) is 10.1. The van der Waals surface area contributed by atoms with Gasteiger partial charge in [-0.3, -0.25) is 10.1 Å². The topological polar surface area (TPSA) is 97.8 Å². The fourth-order valence-corrected chi connectivity index (χ4v) is 4.74. The molecule has 10 heteroatoms. The second kappa shape index (κ2) is 15.1. The Kier molecular flexibility index (Phi) is 11.6. The van der Waals surface area contributed by atoms with E-state index < -0.39 is 29.1 Å². The second-order valence-electron chi connectivity index (χ2n) is 9.28. The Hall–Kier alpha value is -3.79. The van der Waals surface area contributed by atoms with Crippen LogP contribution in [0.1, 0.15) is 74.7 Å². The molecule has 214 valence electrons. The molecule has 2 N–H and O–H groups in total. The van der Waals surface area contributed by atoms with Crippen LogP contribution in [-0.2, 0) is 4.79 Å². The van der Waals surface area contributed by atoms with Gasteiger partial charge in [0.05, 0.1) is 19.4 Å². The van der Waals surface area contributed by atoms with E-state index in [1.807, 2.05) is 18.2 Å². The number of benzene rings is 2. The van der Waals surface area contributed by atoms with Gasteiger partial charge in [-0.25, -0.2) is 18.6 Å². The van der Waals surface area contributed by atoms with Gasteiger partial charge in [0, 0.05) is 27.6 Å². The number of anilines is 1. The lowest BCUT2D eigenvalue weighted by Crippen LogP contribution is -2.13. The van der Waals surface area contributed by atoms with Crippen LogP contribution in [0.3, 0.4) is 0 Å². The molecule has 3 rings (SSSR count). The van der Waals surface area contributed by atoms with Crippen LogP contribution in [0.2, 0.25) is 0 Å². The van der Waals surface area contributed by atoms with Crippen molar-refractivity contribution < 1.29 is 33.0 Å². The zero-order chi connectivity index (χ0) is 29.1. The molecule has 0 radical (unpaired) electrons. The molecule has 0 saturated heterocycles. The van der Waals surface area contributed by atoms with Gasteiger partial charge >= 0.3 is 5.97 Å². The molecule has 0 aliphatic heterocycles. The van der Waals surface area contributed by atoms with Crippen LogP contribution in [0.15, 0.2) is 41.3 Å². The number of hydrogen-bond acceptors (Lipinski definition) is 6. The van der Waals surface area contributed by atoms with Crippen molar-refractivity contribution in [2.45, 2.75) is 58.8 Å². The van der Waals surface area contributed by atoms with Gasteiger partial charge in [0.1, 0.15) is 11.6 Å². The number of carbonyl (C=O) groups is 2. The van der Waals surface area contributed by atoms with Crippen molar-refractivity contribution in [3.05, 3.63) is 64.0 Å². The van der Waals surface area contributed by atoms with Crippen molar-refractivity contribution >= 4 is 34.4 Å². The van der Waals surface area contributed by atoms with E-state index in [4.69, 9.17) is 14.6 Å². The van der Waals surface area contributed by atoms with E-state index in [9.17, 15) is 18.4 Å². The fourth-order valence-electron chi connectivity index (χ4n) is 4.04. The number of ether oxygens (including phenoxy) is 2. The normalized spacial score (nSPS) is 11.4. The van der Waals surface area contributed by atoms with Crippen LogP contribution in [0.4, 0.5) is 13.9 Å². The highest BCUT2D eigenvalue weighted by molar-refractivity contribution is 7.14. The highest BCUT2D eigenvalue weighted by Gasteiger charge is 2.18. The average Bonchev–Trinajstić information content (AvgIpc) is 3.39. The molecular weight excluding hydrogens is 538 g/mol. The van der Waals surface area contributed by atoms with Gasteiger partial charge in [0.25, 0.3) is 5.91 Å². The number of thiazole rings is 1. The van der Waals surface area contributed by atoms with Crippen LogP contribution in [-0.4, -0.2) is 35.7 Å². The lowest BCUT2D eigenvalue weighted by Gasteiger charge is -2.13. The number of aliphatic carboxylic acids is 1. The zero-order valence-corrected chi connectivity index (χ0v) is 23.7. The SMILES string of the molecule is CCCCCCCCCOc1cccc(-c2csc(NC(=O)c3cc(F)c(/C=C(\C)C(=O)O)c(F)c3)n2)c1OC. The van der Waals surface area contributed by atoms with E-state index >= 15 is 0 Å². The number of methoxy groups -OCH3 is 1. The summed E-state index contributed by atoms with van der Waals surface area (Å²) >= 11 is 1.15. The number of amides is 1. The van der Waals surface area contributed by atoms with Gasteiger partial charge in [0.15, 0.2) is 16.6 Å². The van der Waals surface area contributed by atoms with Crippen molar-refractivity contribution in [2.24, 2.45) is 0 Å². The number of carboxylic acids is 1. The van der Waals surface area contributed by atoms with Crippen molar-refractivity contribution in [2.75, 3.05) is 19.0 Å². The molecule has 7 nitrogen and oxygen atoms in total. The number of para-hydroxylation sites is 1. The summed E-state index contributed by atoms with van der Waals surface area (Å²) in [6, 6.07) is 7.20. The monoisotopic (exact) mass is 572 g/mol. The van der Waals surface area contributed by atoms with E-state index in [2.05, 4.69) is 17.2 Å². The summed E-state index contributed by atoms with van der Waals surface area (Å²) < 4.78 is 40.6. The number of unbranched alkanes of at least 4 members (excludes halogenated alkanes) is 6. The first-order valence-corrected chi connectivity index (χ1v) is 14.1. The molecule has 3 aromatic rings. The number of carboxylic acid groups (broad SMARTS) is 1. The number of rotatable bonds is 15. The van der Waals surface area contributed by atoms with Crippen LogP contribution in [0.25, 0.3) is 17.3 Å². The molecule has 0 bridgehead atoms. The molecule has 0 aliphatic carbocycles. The molecule has 1 amide bonds. The summed E-state index contributed by atoms with van der Waals surface area (Å²) in [7, 11) is 1.55. The number of nitrogens with zero attached hydrogens (tertiary/aromatic N) is 1.